The fraction of sp³-hybridized carbons (Fsp3) is 0.211. The lowest BCUT2D eigenvalue weighted by Crippen LogP contribution is -2.18. The van der Waals surface area contributed by atoms with Crippen LogP contribution in [0.5, 0.6) is 5.75 Å². The van der Waals surface area contributed by atoms with E-state index in [0.29, 0.717) is 13.1 Å². The molecule has 0 unspecified atom stereocenters. The van der Waals surface area contributed by atoms with Gasteiger partial charge in [-0.2, -0.15) is 0 Å². The third-order valence-corrected chi connectivity index (χ3v) is 3.86. The van der Waals surface area contributed by atoms with Crippen molar-refractivity contribution in [1.82, 2.24) is 9.88 Å². The summed E-state index contributed by atoms with van der Waals surface area (Å²) in [7, 11) is 3.34. The summed E-state index contributed by atoms with van der Waals surface area (Å²) in [5.41, 5.74) is 2.42. The van der Waals surface area contributed by atoms with Crippen molar-refractivity contribution in [3.8, 4) is 5.75 Å². The molecule has 0 aliphatic rings. The monoisotopic (exact) mass is 328 g/mol. The molecule has 0 aliphatic carbocycles. The number of benzene rings is 2. The summed E-state index contributed by atoms with van der Waals surface area (Å²) >= 11 is 0. The second kappa shape index (κ2) is 6.93. The second-order valence-electron chi connectivity index (χ2n) is 5.78. The first-order valence-electron chi connectivity index (χ1n) is 7.61. The highest BCUT2D eigenvalue weighted by Crippen LogP contribution is 2.22. The second-order valence-corrected chi connectivity index (χ2v) is 5.78. The van der Waals surface area contributed by atoms with Gasteiger partial charge in [-0.25, -0.2) is 8.78 Å². The van der Waals surface area contributed by atoms with E-state index < -0.39 is 0 Å². The van der Waals surface area contributed by atoms with Gasteiger partial charge in [0.2, 0.25) is 0 Å². The van der Waals surface area contributed by atoms with Gasteiger partial charge in [-0.15, -0.1) is 0 Å². The number of ether oxygens (including phenoxy) is 1. The third-order valence-electron chi connectivity index (χ3n) is 3.86. The van der Waals surface area contributed by atoms with Crippen LogP contribution in [0.4, 0.5) is 8.78 Å². The van der Waals surface area contributed by atoms with E-state index in [-0.39, 0.29) is 17.4 Å². The predicted octanol–water partition coefficient (Wildman–Crippen LogP) is 4.15. The lowest BCUT2D eigenvalue weighted by atomic mass is 10.1. The summed E-state index contributed by atoms with van der Waals surface area (Å²) in [4.78, 5) is 6.34. The molecule has 3 nitrogen and oxygen atoms in total. The van der Waals surface area contributed by atoms with Crippen LogP contribution >= 0.6 is 0 Å². The summed E-state index contributed by atoms with van der Waals surface area (Å²) < 4.78 is 32.5. The molecule has 24 heavy (non-hydrogen) atoms. The summed E-state index contributed by atoms with van der Waals surface area (Å²) in [6.07, 6.45) is 1.70. The number of pyridine rings is 1. The van der Waals surface area contributed by atoms with Gasteiger partial charge in [0.25, 0.3) is 0 Å². The summed E-state index contributed by atoms with van der Waals surface area (Å²) in [6, 6.07) is 11.5. The highest BCUT2D eigenvalue weighted by Gasteiger charge is 2.10. The van der Waals surface area contributed by atoms with E-state index in [9.17, 15) is 8.78 Å². The van der Waals surface area contributed by atoms with Crippen LogP contribution in [0.1, 0.15) is 11.1 Å². The molecule has 5 heteroatoms. The van der Waals surface area contributed by atoms with E-state index in [2.05, 4.69) is 4.98 Å². The van der Waals surface area contributed by atoms with Gasteiger partial charge in [0, 0.05) is 24.7 Å². The van der Waals surface area contributed by atoms with Crippen molar-refractivity contribution in [1.29, 1.82) is 0 Å². The van der Waals surface area contributed by atoms with Gasteiger partial charge in [0.15, 0.2) is 11.6 Å². The molecule has 2 aromatic carbocycles. The number of hydrogen-bond donors (Lipinski definition) is 0. The van der Waals surface area contributed by atoms with Crippen LogP contribution in [0, 0.1) is 11.6 Å². The standard InChI is InChI=1S/C19H18F2N2O/c1-23(11-13-5-6-18(24-2)17(21)8-13)12-15-10-16(20)9-14-4-3-7-22-19(14)15/h3-10H,11-12H2,1-2H3. The Bertz CT molecular complexity index is 867. The SMILES string of the molecule is COc1ccc(CN(C)Cc2cc(F)cc3cccnc23)cc1F. The van der Waals surface area contributed by atoms with Crippen molar-refractivity contribution in [3.05, 3.63) is 71.4 Å². The molecule has 124 valence electrons. The fourth-order valence-electron chi connectivity index (χ4n) is 2.81. The van der Waals surface area contributed by atoms with E-state index in [4.69, 9.17) is 4.74 Å². The molecule has 3 rings (SSSR count). The summed E-state index contributed by atoms with van der Waals surface area (Å²) in [5.74, 6) is -0.447. The Morgan fingerprint density at radius 1 is 1.08 bits per heavy atom. The number of rotatable bonds is 5. The van der Waals surface area contributed by atoms with Gasteiger partial charge < -0.3 is 4.74 Å². The smallest absolute Gasteiger partial charge is 0.165 e. The molecule has 0 aliphatic heterocycles. The molecular weight excluding hydrogens is 310 g/mol. The Balaban J connectivity index is 1.80. The van der Waals surface area contributed by atoms with Crippen molar-refractivity contribution in [2.75, 3.05) is 14.2 Å². The van der Waals surface area contributed by atoms with E-state index in [1.54, 1.807) is 18.3 Å². The molecule has 0 spiro atoms. The van der Waals surface area contributed by atoms with Gasteiger partial charge in [0.1, 0.15) is 5.82 Å². The molecule has 0 atom stereocenters. The average molecular weight is 328 g/mol. The first-order valence-corrected chi connectivity index (χ1v) is 7.61. The zero-order valence-corrected chi connectivity index (χ0v) is 13.6. The van der Waals surface area contributed by atoms with Gasteiger partial charge in [-0.05, 0) is 48.5 Å². The van der Waals surface area contributed by atoms with E-state index in [1.807, 2.05) is 24.1 Å². The molecule has 0 radical (unpaired) electrons. The molecule has 0 amide bonds. The third kappa shape index (κ3) is 3.51. The first kappa shape index (κ1) is 16.3. The molecule has 0 saturated carbocycles. The maximum absolute atomic E-state index is 13.8. The highest BCUT2D eigenvalue weighted by molar-refractivity contribution is 5.81. The first-order chi connectivity index (χ1) is 11.6. The number of nitrogens with zero attached hydrogens (tertiary/aromatic N) is 2. The zero-order valence-electron chi connectivity index (χ0n) is 13.6. The maximum Gasteiger partial charge on any atom is 0.165 e. The van der Waals surface area contributed by atoms with Crippen LogP contribution in [-0.2, 0) is 13.1 Å². The molecule has 1 heterocycles. The number of fused-ring (bicyclic) bond motifs is 1. The fourth-order valence-corrected chi connectivity index (χ4v) is 2.81. The van der Waals surface area contributed by atoms with E-state index in [1.165, 1.54) is 25.3 Å². The Kier molecular flexibility index (Phi) is 4.71. The van der Waals surface area contributed by atoms with Gasteiger partial charge in [-0.1, -0.05) is 12.1 Å². The minimum absolute atomic E-state index is 0.224. The molecule has 1 aromatic heterocycles. The van der Waals surface area contributed by atoms with Crippen molar-refractivity contribution in [3.63, 3.8) is 0 Å². The number of methoxy groups -OCH3 is 1. The maximum atomic E-state index is 13.8. The van der Waals surface area contributed by atoms with Crippen LogP contribution in [-0.4, -0.2) is 24.0 Å². The van der Waals surface area contributed by atoms with Crippen LogP contribution in [0.3, 0.4) is 0 Å². The van der Waals surface area contributed by atoms with E-state index >= 15 is 0 Å². The number of hydrogen-bond acceptors (Lipinski definition) is 3. The molecular formula is C19H18F2N2O. The van der Waals surface area contributed by atoms with Gasteiger partial charge >= 0.3 is 0 Å². The highest BCUT2D eigenvalue weighted by atomic mass is 19.1. The van der Waals surface area contributed by atoms with Crippen molar-refractivity contribution in [2.45, 2.75) is 13.1 Å². The van der Waals surface area contributed by atoms with Crippen LogP contribution < -0.4 is 4.74 Å². The van der Waals surface area contributed by atoms with Crippen molar-refractivity contribution >= 4 is 10.9 Å². The topological polar surface area (TPSA) is 25.4 Å². The van der Waals surface area contributed by atoms with E-state index in [0.717, 1.165) is 22.0 Å². The summed E-state index contributed by atoms with van der Waals surface area (Å²) in [5, 5.41) is 0.774. The Labute approximate surface area is 139 Å². The zero-order chi connectivity index (χ0) is 17.1. The minimum Gasteiger partial charge on any atom is -0.494 e. The van der Waals surface area contributed by atoms with Crippen LogP contribution in [0.15, 0.2) is 48.7 Å². The summed E-state index contributed by atoms with van der Waals surface area (Å²) in [6.45, 7) is 1.05. The molecule has 0 saturated heterocycles. The molecule has 0 bridgehead atoms. The number of halogens is 2. The van der Waals surface area contributed by atoms with Crippen LogP contribution in [0.2, 0.25) is 0 Å². The average Bonchev–Trinajstić information content (AvgIpc) is 2.54. The normalized spacial score (nSPS) is 11.2. The largest absolute Gasteiger partial charge is 0.494 e. The minimum atomic E-state index is -0.388. The molecule has 0 fully saturated rings. The van der Waals surface area contributed by atoms with Crippen molar-refractivity contribution in [2.24, 2.45) is 0 Å². The lowest BCUT2D eigenvalue weighted by Gasteiger charge is -2.18. The Morgan fingerprint density at radius 3 is 2.67 bits per heavy atom. The quantitative estimate of drug-likeness (QED) is 0.703. The van der Waals surface area contributed by atoms with Gasteiger partial charge in [0.05, 0.1) is 12.6 Å². The van der Waals surface area contributed by atoms with Gasteiger partial charge in [-0.3, -0.25) is 9.88 Å². The molecule has 3 aromatic rings. The Morgan fingerprint density at radius 2 is 1.92 bits per heavy atom. The lowest BCUT2D eigenvalue weighted by molar-refractivity contribution is 0.318. The number of aromatic nitrogens is 1. The van der Waals surface area contributed by atoms with Crippen LogP contribution in [0.25, 0.3) is 10.9 Å². The predicted molar refractivity (Wildman–Crippen MR) is 89.8 cm³/mol. The Hall–Kier alpha value is -2.53. The van der Waals surface area contributed by atoms with Crippen molar-refractivity contribution < 1.29 is 13.5 Å². The molecule has 0 N–H and O–H groups in total.